The zero-order valence-electron chi connectivity index (χ0n) is 49.0. The van der Waals surface area contributed by atoms with E-state index in [0.29, 0.717) is 0 Å². The fourth-order valence-corrected chi connectivity index (χ4v) is 8.63. The maximum absolute atomic E-state index is 14.3. The van der Waals surface area contributed by atoms with Crippen molar-refractivity contribution in [1.29, 1.82) is 0 Å². The number of nitrogens with two attached hydrogens (primary N) is 1. The molecule has 6 amide bonds. The van der Waals surface area contributed by atoms with Crippen molar-refractivity contribution in [2.75, 3.05) is 19.6 Å². The van der Waals surface area contributed by atoms with Crippen LogP contribution in [0.5, 0.6) is 0 Å². The minimum absolute atomic E-state index is 0.0391. The monoisotopic (exact) mass is 1120 g/mol. The van der Waals surface area contributed by atoms with E-state index in [-0.39, 0.29) is 38.8 Å². The van der Waals surface area contributed by atoms with Crippen molar-refractivity contribution in [3.05, 3.63) is 0 Å². The Morgan fingerprint density at radius 1 is 0.603 bits per heavy atom. The van der Waals surface area contributed by atoms with Gasteiger partial charge in [0.1, 0.15) is 52.4 Å². The van der Waals surface area contributed by atoms with Crippen LogP contribution in [-0.4, -0.2) is 180 Å². The van der Waals surface area contributed by atoms with Gasteiger partial charge in [-0.2, -0.15) is 0 Å². The third-order valence-electron chi connectivity index (χ3n) is 11.9. The predicted molar refractivity (Wildman–Crippen MR) is 280 cm³/mol. The van der Waals surface area contributed by atoms with Crippen LogP contribution in [0.2, 0.25) is 0 Å². The molecule has 0 bridgehead atoms. The van der Waals surface area contributed by atoms with Crippen LogP contribution in [0.15, 0.2) is 0 Å². The summed E-state index contributed by atoms with van der Waals surface area (Å²) in [6, 6.07) is -4.62. The topological polar surface area (TPSA) is 350 Å². The Balaban J connectivity index is 2.22. The van der Waals surface area contributed by atoms with E-state index in [1.807, 2.05) is 0 Å². The fourth-order valence-electron chi connectivity index (χ4n) is 8.63. The molecule has 0 spiro atoms. The van der Waals surface area contributed by atoms with Gasteiger partial charge in [0.2, 0.25) is 5.91 Å². The van der Waals surface area contributed by atoms with Crippen LogP contribution in [0, 0.1) is 11.8 Å². The van der Waals surface area contributed by atoms with Gasteiger partial charge in [-0.3, -0.25) is 9.59 Å². The highest BCUT2D eigenvalue weighted by atomic mass is 16.7. The summed E-state index contributed by atoms with van der Waals surface area (Å²) in [7, 11) is 0. The summed E-state index contributed by atoms with van der Waals surface area (Å²) < 4.78 is 59.6. The highest BCUT2D eigenvalue weighted by Gasteiger charge is 2.55. The van der Waals surface area contributed by atoms with E-state index in [0.717, 1.165) is 6.92 Å². The SMILES string of the molecule is CC(=O)O[C@H]1C(C(O)CN)O[C@@H](O[C@H]2C(O)C(O[C@@H]3OC(CNC(=O)OC(C)(C)C)CCC3NC(=O)OC(C)(C)C)[C@@H](NC(=O)OC(C)(C)C)C[C@H]2NC(=O)[C@@H](C)CCNC(=O)OC(C)(C)C)C(C)[C@H]1NC(=O)OC(C)(C)C. The summed E-state index contributed by atoms with van der Waals surface area (Å²) in [6.07, 6.45) is -16.7. The summed E-state index contributed by atoms with van der Waals surface area (Å²) in [6.45, 7) is 29.1. The third-order valence-corrected chi connectivity index (χ3v) is 11.9. The van der Waals surface area contributed by atoms with Crippen molar-refractivity contribution in [3.8, 4) is 0 Å². The van der Waals surface area contributed by atoms with Crippen LogP contribution in [-0.2, 0) is 57.0 Å². The van der Waals surface area contributed by atoms with Crippen molar-refractivity contribution in [3.63, 3.8) is 0 Å². The Morgan fingerprint density at radius 2 is 1.05 bits per heavy atom. The first-order chi connectivity index (χ1) is 35.6. The Bertz CT molecular complexity index is 2010. The second-order valence-electron chi connectivity index (χ2n) is 25.1. The number of rotatable bonds is 17. The molecule has 7 unspecified atom stereocenters. The summed E-state index contributed by atoms with van der Waals surface area (Å²) in [4.78, 5) is 92.8. The van der Waals surface area contributed by atoms with Gasteiger partial charge in [0, 0.05) is 38.4 Å². The molecule has 15 atom stereocenters. The van der Waals surface area contributed by atoms with Gasteiger partial charge in [0.05, 0.1) is 36.4 Å². The van der Waals surface area contributed by atoms with Crippen LogP contribution >= 0.6 is 0 Å². The van der Waals surface area contributed by atoms with Gasteiger partial charge < -0.3 is 95.2 Å². The second-order valence-corrected chi connectivity index (χ2v) is 25.1. The number of esters is 1. The molecule has 26 nitrogen and oxygen atoms in total. The van der Waals surface area contributed by atoms with Gasteiger partial charge in [-0.25, -0.2) is 24.0 Å². The van der Waals surface area contributed by atoms with Crippen molar-refractivity contribution in [1.82, 2.24) is 31.9 Å². The van der Waals surface area contributed by atoms with Crippen LogP contribution in [0.1, 0.15) is 150 Å². The lowest BCUT2D eigenvalue weighted by molar-refractivity contribution is -0.312. The zero-order chi connectivity index (χ0) is 59.5. The minimum atomic E-state index is -1.86. The van der Waals surface area contributed by atoms with Crippen molar-refractivity contribution < 1.29 is 91.1 Å². The highest BCUT2D eigenvalue weighted by molar-refractivity contribution is 5.79. The largest absolute Gasteiger partial charge is 0.457 e. The first-order valence-corrected chi connectivity index (χ1v) is 26.7. The lowest BCUT2D eigenvalue weighted by atomic mass is 9.82. The molecule has 3 rings (SSSR count). The standard InChI is InChI=1S/C52H93N7O19/c1-26(21-22-54-43(64)74-48(4,5)6)40(63)56-31-23-32(58-46(67)77-51(13,14)15)37(72-42-30(57-45(66)76-50(10,11)12)20-19-29(70-42)25-55-44(65)75-49(7,8)9)35(62)36(31)71-41-27(2)34(59-47(68)78-52(16,17)18)39(69-28(3)60)38(73-41)33(61)24-53/h26-27,29-39,41-42,61-62H,19-25,53H2,1-18H3,(H,54,64)(H,55,65)(H,56,63)(H,57,66)(H,58,67)(H,59,68)/t26-,27?,29?,30?,31+,32-,33?,34+,35?,36+,37?,38?,39+,41+,42-/m0/s1. The first-order valence-electron chi connectivity index (χ1n) is 26.7. The Labute approximate surface area is 459 Å². The molecule has 2 heterocycles. The molecule has 1 aliphatic carbocycles. The van der Waals surface area contributed by atoms with E-state index in [2.05, 4.69) is 31.9 Å². The lowest BCUT2D eigenvalue weighted by Crippen LogP contribution is -2.70. The highest BCUT2D eigenvalue weighted by Crippen LogP contribution is 2.36. The number of amides is 6. The average Bonchev–Trinajstić information content (AvgIpc) is 3.24. The summed E-state index contributed by atoms with van der Waals surface area (Å²) in [5.41, 5.74) is 1.48. The second kappa shape index (κ2) is 27.9. The third kappa shape index (κ3) is 23.4. The van der Waals surface area contributed by atoms with E-state index >= 15 is 0 Å². The van der Waals surface area contributed by atoms with Crippen LogP contribution in [0.4, 0.5) is 24.0 Å². The molecule has 0 aromatic carbocycles. The first kappa shape index (κ1) is 67.3. The molecular weight excluding hydrogens is 1030 g/mol. The summed E-state index contributed by atoms with van der Waals surface area (Å²) >= 11 is 0. The maximum atomic E-state index is 14.3. The molecule has 3 aliphatic rings. The Kier molecular flexibility index (Phi) is 24.1. The predicted octanol–water partition coefficient (Wildman–Crippen LogP) is 3.88. The molecule has 10 N–H and O–H groups in total. The Hall–Kier alpha value is -4.99. The van der Waals surface area contributed by atoms with Crippen molar-refractivity contribution in [2.45, 2.75) is 258 Å². The quantitative estimate of drug-likeness (QED) is 0.0737. The maximum Gasteiger partial charge on any atom is 0.408 e. The summed E-state index contributed by atoms with van der Waals surface area (Å²) in [5, 5.41) is 40.9. The average molecular weight is 1120 g/mol. The normalized spacial score (nSPS) is 28.8. The van der Waals surface area contributed by atoms with E-state index < -0.39 is 168 Å². The molecule has 0 radical (unpaired) electrons. The molecule has 3 fully saturated rings. The van der Waals surface area contributed by atoms with Gasteiger partial charge >= 0.3 is 36.4 Å². The van der Waals surface area contributed by atoms with Gasteiger partial charge in [0.15, 0.2) is 18.7 Å². The molecule has 1 saturated carbocycles. The molecule has 2 aliphatic heterocycles. The fraction of sp³-hybridized carbons (Fsp3) is 0.865. The molecule has 0 aromatic rings. The number of hydrogen-bond donors (Lipinski definition) is 9. The van der Waals surface area contributed by atoms with Gasteiger partial charge in [-0.05, 0) is 130 Å². The smallest absolute Gasteiger partial charge is 0.408 e. The Morgan fingerprint density at radius 3 is 1.54 bits per heavy atom. The number of aliphatic hydroxyl groups is 2. The molecule has 26 heteroatoms. The lowest BCUT2D eigenvalue weighted by Gasteiger charge is -2.50. The summed E-state index contributed by atoms with van der Waals surface area (Å²) in [5.74, 6) is -3.12. The molecular formula is C52H93N7O19. The number of alkyl carbamates (subject to hydrolysis) is 5. The number of ether oxygens (including phenoxy) is 10. The van der Waals surface area contributed by atoms with Crippen LogP contribution < -0.4 is 37.6 Å². The minimum Gasteiger partial charge on any atom is -0.457 e. The van der Waals surface area contributed by atoms with E-state index in [1.54, 1.807) is 118 Å². The number of carbonyl (C=O) groups excluding carboxylic acids is 7. The van der Waals surface area contributed by atoms with Gasteiger partial charge in [-0.1, -0.05) is 13.8 Å². The molecule has 0 aromatic heterocycles. The van der Waals surface area contributed by atoms with Gasteiger partial charge in [-0.15, -0.1) is 0 Å². The van der Waals surface area contributed by atoms with Crippen molar-refractivity contribution in [2.24, 2.45) is 17.6 Å². The number of carbonyl (C=O) groups is 7. The van der Waals surface area contributed by atoms with Crippen molar-refractivity contribution >= 4 is 42.3 Å². The molecule has 78 heavy (non-hydrogen) atoms. The number of aliphatic hydroxyl groups excluding tert-OH is 2. The van der Waals surface area contributed by atoms with E-state index in [9.17, 15) is 43.8 Å². The molecule has 450 valence electrons. The number of nitrogens with one attached hydrogen (secondary N) is 6. The number of hydrogen-bond acceptors (Lipinski definition) is 20. The van der Waals surface area contributed by atoms with Gasteiger partial charge in [0.25, 0.3) is 0 Å². The zero-order valence-corrected chi connectivity index (χ0v) is 49.0. The van der Waals surface area contributed by atoms with E-state index in [4.69, 9.17) is 53.1 Å². The van der Waals surface area contributed by atoms with Crippen LogP contribution in [0.25, 0.3) is 0 Å². The van der Waals surface area contributed by atoms with E-state index in [1.165, 1.54) is 0 Å². The van der Waals surface area contributed by atoms with Crippen LogP contribution in [0.3, 0.4) is 0 Å². The molecule has 2 saturated heterocycles.